The lowest BCUT2D eigenvalue weighted by molar-refractivity contribution is -0.927. The maximum Gasteiger partial charge on any atom is 0.200 e. The van der Waals surface area contributed by atoms with E-state index in [1.54, 1.807) is 0 Å². The molecule has 0 heterocycles. The van der Waals surface area contributed by atoms with Gasteiger partial charge in [-0.05, 0) is 37.2 Å². The molecule has 0 saturated heterocycles. The monoisotopic (exact) mass is 461 g/mol. The molecule has 1 atom stereocenters. The minimum atomic E-state index is 0. The van der Waals surface area contributed by atoms with Crippen LogP contribution in [0.25, 0.3) is 0 Å². The lowest BCUT2D eigenvalue weighted by Crippen LogP contribution is -3.00. The summed E-state index contributed by atoms with van der Waals surface area (Å²) in [5.41, 5.74) is 1.43. The Morgan fingerprint density at radius 3 is 1.96 bits per heavy atom. The Bertz CT molecular complexity index is 445. The van der Waals surface area contributed by atoms with Crippen LogP contribution in [0.1, 0.15) is 57.9 Å². The molecule has 136 valence electrons. The van der Waals surface area contributed by atoms with E-state index in [1.807, 2.05) is 0 Å². The van der Waals surface area contributed by atoms with Crippen LogP contribution in [0.4, 0.5) is 0 Å². The quantitative estimate of drug-likeness (QED) is 0.112. The lowest BCUT2D eigenvalue weighted by atomic mass is 10.1. The summed E-state index contributed by atoms with van der Waals surface area (Å²) >= 11 is 2.50. The fourth-order valence-electron chi connectivity index (χ4n) is 3.18. The Labute approximate surface area is 169 Å². The number of hydrogen-bond acceptors (Lipinski definition) is 0. The zero-order chi connectivity index (χ0) is 17.0. The maximum atomic E-state index is 5.86. The minimum Gasteiger partial charge on any atom is -1.00 e. The second-order valence-electron chi connectivity index (χ2n) is 6.54. The van der Waals surface area contributed by atoms with Crippen molar-refractivity contribution >= 4 is 22.6 Å². The van der Waals surface area contributed by atoms with Gasteiger partial charge in [-0.1, -0.05) is 57.0 Å². The molecule has 1 rings (SSSR count). The van der Waals surface area contributed by atoms with Crippen molar-refractivity contribution in [3.8, 4) is 12.3 Å². The van der Waals surface area contributed by atoms with E-state index in [0.29, 0.717) is 0 Å². The van der Waals surface area contributed by atoms with Crippen molar-refractivity contribution in [2.75, 3.05) is 19.6 Å². The highest BCUT2D eigenvalue weighted by Crippen LogP contribution is 2.24. The van der Waals surface area contributed by atoms with Crippen molar-refractivity contribution < 1.29 is 16.9 Å². The van der Waals surface area contributed by atoms with Gasteiger partial charge < -0.3 is 16.9 Å². The molecule has 1 nitrogen and oxygen atoms in total. The van der Waals surface area contributed by atoms with Gasteiger partial charge in [-0.3, -0.25) is 0 Å². The van der Waals surface area contributed by atoms with Crippen LogP contribution in [0.2, 0.25) is 0 Å². The Kier molecular flexibility index (Phi) is 13.8. The number of rotatable bonds is 12. The topological polar surface area (TPSA) is 0 Å². The summed E-state index contributed by atoms with van der Waals surface area (Å²) in [5, 5.41) is 0. The van der Waals surface area contributed by atoms with Crippen LogP contribution < -0.4 is 12.4 Å². The van der Waals surface area contributed by atoms with Crippen molar-refractivity contribution in [3.63, 3.8) is 0 Å². The molecule has 0 radical (unpaired) electrons. The number of nitrogens with zero attached hydrogens (tertiary/aromatic N) is 1. The first-order valence-electron chi connectivity index (χ1n) is 9.18. The van der Waals surface area contributed by atoms with Crippen molar-refractivity contribution in [1.82, 2.24) is 0 Å². The van der Waals surface area contributed by atoms with Crippen LogP contribution >= 0.6 is 22.6 Å². The SMILES string of the molecule is C#CC(I)[N+](CCCCC)(CCCCC)CCc1ccccc1.[Cl-]. The lowest BCUT2D eigenvalue weighted by Gasteiger charge is -2.41. The van der Waals surface area contributed by atoms with Gasteiger partial charge in [0.2, 0.25) is 4.05 Å². The van der Waals surface area contributed by atoms with Gasteiger partial charge in [0.25, 0.3) is 0 Å². The molecule has 1 aromatic carbocycles. The summed E-state index contributed by atoms with van der Waals surface area (Å²) in [6.45, 7) is 8.16. The average Bonchev–Trinajstić information content (AvgIpc) is 2.59. The van der Waals surface area contributed by atoms with Crippen LogP contribution in [-0.4, -0.2) is 28.2 Å². The normalized spacial score (nSPS) is 12.2. The highest BCUT2D eigenvalue weighted by Gasteiger charge is 2.32. The van der Waals surface area contributed by atoms with E-state index in [2.05, 4.69) is 72.7 Å². The number of benzene rings is 1. The second kappa shape index (κ2) is 14.0. The van der Waals surface area contributed by atoms with Crippen LogP contribution in [0.15, 0.2) is 30.3 Å². The molecule has 0 bridgehead atoms. The zero-order valence-corrected chi connectivity index (χ0v) is 18.2. The average molecular weight is 462 g/mol. The number of quaternary nitrogens is 1. The third-order valence-electron chi connectivity index (χ3n) is 4.72. The molecule has 0 spiro atoms. The fourth-order valence-corrected chi connectivity index (χ4v) is 4.02. The van der Waals surface area contributed by atoms with Crippen molar-refractivity contribution in [3.05, 3.63) is 35.9 Å². The molecule has 0 amide bonds. The molecule has 0 aliphatic carbocycles. The second-order valence-corrected chi connectivity index (χ2v) is 7.72. The predicted molar refractivity (Wildman–Crippen MR) is 111 cm³/mol. The van der Waals surface area contributed by atoms with Crippen LogP contribution in [0, 0.1) is 12.3 Å². The van der Waals surface area contributed by atoms with Crippen molar-refractivity contribution in [2.45, 2.75) is 62.8 Å². The number of terminal acetylenes is 1. The molecule has 0 saturated carbocycles. The van der Waals surface area contributed by atoms with E-state index in [1.165, 1.54) is 57.2 Å². The summed E-state index contributed by atoms with van der Waals surface area (Å²) in [6.07, 6.45) is 14.7. The standard InChI is InChI=1S/C21H33IN.ClH/c1-4-7-12-17-23(21(22)6-3,18-13-8-5-2)19-16-20-14-10-9-11-15-20;/h3,9-11,14-15,21H,4-5,7-8,12-13,16-19H2,1-2H3;1H/q+1;/p-1. The molecule has 1 aromatic rings. The highest BCUT2D eigenvalue weighted by atomic mass is 127. The van der Waals surface area contributed by atoms with Crippen molar-refractivity contribution in [2.24, 2.45) is 0 Å². The summed E-state index contributed by atoms with van der Waals surface area (Å²) in [5.74, 6) is 3.05. The predicted octanol–water partition coefficient (Wildman–Crippen LogP) is 2.82. The molecular weight excluding hydrogens is 429 g/mol. The Balaban J connectivity index is 0.00000529. The van der Waals surface area contributed by atoms with Gasteiger partial charge in [0.15, 0.2) is 0 Å². The smallest absolute Gasteiger partial charge is 0.200 e. The van der Waals surface area contributed by atoms with Gasteiger partial charge in [-0.2, -0.15) is 0 Å². The van der Waals surface area contributed by atoms with E-state index < -0.39 is 0 Å². The molecule has 0 aliphatic rings. The van der Waals surface area contributed by atoms with Gasteiger partial charge in [-0.15, -0.1) is 6.42 Å². The van der Waals surface area contributed by atoms with E-state index in [4.69, 9.17) is 6.42 Å². The maximum absolute atomic E-state index is 5.86. The van der Waals surface area contributed by atoms with Gasteiger partial charge in [0.1, 0.15) is 0 Å². The molecule has 3 heteroatoms. The molecular formula is C21H33ClIN. The number of halogens is 2. The van der Waals surface area contributed by atoms with Crippen molar-refractivity contribution in [1.29, 1.82) is 0 Å². The first kappa shape index (κ1) is 23.8. The van der Waals surface area contributed by atoms with E-state index in [9.17, 15) is 0 Å². The van der Waals surface area contributed by atoms with Gasteiger partial charge in [0, 0.05) is 29.0 Å². The molecule has 24 heavy (non-hydrogen) atoms. The van der Waals surface area contributed by atoms with Gasteiger partial charge in [0.05, 0.1) is 19.6 Å². The molecule has 1 unspecified atom stereocenters. The van der Waals surface area contributed by atoms with E-state index in [-0.39, 0.29) is 16.5 Å². The van der Waals surface area contributed by atoms with Crippen LogP contribution in [0.5, 0.6) is 0 Å². The summed E-state index contributed by atoms with van der Waals surface area (Å²) in [7, 11) is 0. The number of hydrogen-bond donors (Lipinski definition) is 0. The third-order valence-corrected chi connectivity index (χ3v) is 6.26. The largest absolute Gasteiger partial charge is 1.00 e. The molecule has 0 N–H and O–H groups in total. The Morgan fingerprint density at radius 1 is 0.958 bits per heavy atom. The number of alkyl halides is 1. The van der Waals surface area contributed by atoms with E-state index >= 15 is 0 Å². The summed E-state index contributed by atoms with van der Waals surface area (Å²) in [4.78, 5) is 0. The third kappa shape index (κ3) is 8.23. The van der Waals surface area contributed by atoms with Crippen LogP contribution in [0.3, 0.4) is 0 Å². The minimum absolute atomic E-state index is 0. The summed E-state index contributed by atoms with van der Waals surface area (Å²) < 4.78 is 1.37. The molecule has 0 fully saturated rings. The first-order valence-corrected chi connectivity index (χ1v) is 10.4. The number of unbranched alkanes of at least 4 members (excludes halogenated alkanes) is 4. The van der Waals surface area contributed by atoms with Crippen LogP contribution in [-0.2, 0) is 6.42 Å². The Morgan fingerprint density at radius 2 is 1.50 bits per heavy atom. The zero-order valence-electron chi connectivity index (χ0n) is 15.3. The Hall–Kier alpha value is -0.240. The first-order chi connectivity index (χ1) is 11.2. The van der Waals surface area contributed by atoms with E-state index in [0.717, 1.165) is 17.4 Å². The molecule has 0 aromatic heterocycles. The van der Waals surface area contributed by atoms with Gasteiger partial charge >= 0.3 is 0 Å². The summed E-state index contributed by atoms with van der Waals surface area (Å²) in [6, 6.07) is 10.9. The fraction of sp³-hybridized carbons (Fsp3) is 0.619. The van der Waals surface area contributed by atoms with Gasteiger partial charge in [-0.25, -0.2) is 0 Å². The molecule has 0 aliphatic heterocycles. The highest BCUT2D eigenvalue weighted by molar-refractivity contribution is 14.1.